The Morgan fingerprint density at radius 1 is 1.30 bits per heavy atom. The molecule has 0 saturated heterocycles. The van der Waals surface area contributed by atoms with E-state index in [4.69, 9.17) is 0 Å². The second kappa shape index (κ2) is 5.61. The third kappa shape index (κ3) is 2.67. The van der Waals surface area contributed by atoms with Crippen LogP contribution in [0.15, 0.2) is 36.5 Å². The van der Waals surface area contributed by atoms with Crippen LogP contribution < -0.4 is 0 Å². The highest BCUT2D eigenvalue weighted by Crippen LogP contribution is 2.34. The summed E-state index contributed by atoms with van der Waals surface area (Å²) in [4.78, 5) is 15.9. The first kappa shape index (κ1) is 13.1. The molecule has 1 aromatic heterocycles. The summed E-state index contributed by atoms with van der Waals surface area (Å²) in [6.45, 7) is 0. The molecule has 1 aromatic carbocycles. The van der Waals surface area contributed by atoms with E-state index >= 15 is 0 Å². The van der Waals surface area contributed by atoms with Crippen molar-refractivity contribution in [3.8, 4) is 0 Å². The maximum absolute atomic E-state index is 11.6. The maximum atomic E-state index is 11.6. The SMILES string of the molecule is O=C(O)[C@H](CC1CCCC1)c1ccc2ncccc2c1. The summed E-state index contributed by atoms with van der Waals surface area (Å²) in [6, 6.07) is 9.70. The average molecular weight is 269 g/mol. The van der Waals surface area contributed by atoms with Crippen molar-refractivity contribution in [2.45, 2.75) is 38.0 Å². The lowest BCUT2D eigenvalue weighted by Crippen LogP contribution is -2.15. The summed E-state index contributed by atoms with van der Waals surface area (Å²) >= 11 is 0. The minimum atomic E-state index is -0.708. The predicted molar refractivity (Wildman–Crippen MR) is 78.7 cm³/mol. The fraction of sp³-hybridized carbons (Fsp3) is 0.412. The molecule has 0 aliphatic heterocycles. The van der Waals surface area contributed by atoms with Gasteiger partial charge in [0.15, 0.2) is 0 Å². The van der Waals surface area contributed by atoms with Gasteiger partial charge >= 0.3 is 5.97 Å². The topological polar surface area (TPSA) is 50.2 Å². The molecule has 1 fully saturated rings. The van der Waals surface area contributed by atoms with Gasteiger partial charge in [-0.2, -0.15) is 0 Å². The van der Waals surface area contributed by atoms with Crippen molar-refractivity contribution in [2.24, 2.45) is 5.92 Å². The Kier molecular flexibility index (Phi) is 3.68. The van der Waals surface area contributed by atoms with Gasteiger partial charge in [0.1, 0.15) is 0 Å². The first-order valence-corrected chi connectivity index (χ1v) is 7.31. The monoisotopic (exact) mass is 269 g/mol. The zero-order valence-electron chi connectivity index (χ0n) is 11.5. The van der Waals surface area contributed by atoms with Gasteiger partial charge in [-0.25, -0.2) is 0 Å². The molecule has 104 valence electrons. The molecule has 0 bridgehead atoms. The number of nitrogens with zero attached hydrogens (tertiary/aromatic N) is 1. The third-order valence-electron chi connectivity index (χ3n) is 4.37. The normalized spacial score (nSPS) is 17.4. The maximum Gasteiger partial charge on any atom is 0.310 e. The first-order valence-electron chi connectivity index (χ1n) is 7.31. The van der Waals surface area contributed by atoms with Gasteiger partial charge in [-0.3, -0.25) is 9.78 Å². The molecule has 1 aliphatic carbocycles. The van der Waals surface area contributed by atoms with Gasteiger partial charge in [-0.1, -0.05) is 37.8 Å². The highest BCUT2D eigenvalue weighted by atomic mass is 16.4. The molecular weight excluding hydrogens is 250 g/mol. The van der Waals surface area contributed by atoms with Gasteiger partial charge in [-0.05, 0) is 36.1 Å². The number of fused-ring (bicyclic) bond motifs is 1. The van der Waals surface area contributed by atoms with Crippen LogP contribution in [0.2, 0.25) is 0 Å². The van der Waals surface area contributed by atoms with Crippen molar-refractivity contribution >= 4 is 16.9 Å². The lowest BCUT2D eigenvalue weighted by molar-refractivity contribution is -0.139. The fourth-order valence-corrected chi connectivity index (χ4v) is 3.27. The van der Waals surface area contributed by atoms with Gasteiger partial charge in [-0.15, -0.1) is 0 Å². The molecule has 3 rings (SSSR count). The summed E-state index contributed by atoms with van der Waals surface area (Å²) in [5.41, 5.74) is 1.83. The van der Waals surface area contributed by atoms with Gasteiger partial charge in [0, 0.05) is 11.6 Å². The van der Waals surface area contributed by atoms with Crippen LogP contribution in [-0.4, -0.2) is 16.1 Å². The highest BCUT2D eigenvalue weighted by Gasteiger charge is 2.26. The number of aliphatic carboxylic acids is 1. The van der Waals surface area contributed by atoms with Gasteiger partial charge < -0.3 is 5.11 Å². The quantitative estimate of drug-likeness (QED) is 0.913. The van der Waals surface area contributed by atoms with Crippen molar-refractivity contribution in [1.29, 1.82) is 0 Å². The van der Waals surface area contributed by atoms with E-state index in [9.17, 15) is 9.90 Å². The molecule has 0 radical (unpaired) electrons. The Labute approximate surface area is 118 Å². The zero-order valence-corrected chi connectivity index (χ0v) is 11.5. The zero-order chi connectivity index (χ0) is 13.9. The van der Waals surface area contributed by atoms with Crippen molar-refractivity contribution in [3.63, 3.8) is 0 Å². The smallest absolute Gasteiger partial charge is 0.310 e. The molecule has 0 spiro atoms. The number of hydrogen-bond acceptors (Lipinski definition) is 2. The molecule has 20 heavy (non-hydrogen) atoms. The van der Waals surface area contributed by atoms with E-state index in [1.165, 1.54) is 25.7 Å². The van der Waals surface area contributed by atoms with Crippen molar-refractivity contribution in [2.75, 3.05) is 0 Å². The van der Waals surface area contributed by atoms with Crippen molar-refractivity contribution < 1.29 is 9.90 Å². The van der Waals surface area contributed by atoms with E-state index in [0.29, 0.717) is 5.92 Å². The van der Waals surface area contributed by atoms with Crippen molar-refractivity contribution in [1.82, 2.24) is 4.98 Å². The van der Waals surface area contributed by atoms with Crippen LogP contribution >= 0.6 is 0 Å². The van der Waals surface area contributed by atoms with Crippen LogP contribution in [0, 0.1) is 5.92 Å². The lowest BCUT2D eigenvalue weighted by atomic mass is 9.87. The fourth-order valence-electron chi connectivity index (χ4n) is 3.27. The predicted octanol–water partition coefficient (Wildman–Crippen LogP) is 3.98. The number of benzene rings is 1. The first-order chi connectivity index (χ1) is 9.74. The Morgan fingerprint density at radius 2 is 2.10 bits per heavy atom. The second-order valence-electron chi connectivity index (χ2n) is 5.73. The Balaban J connectivity index is 1.89. The molecule has 1 heterocycles. The van der Waals surface area contributed by atoms with E-state index in [0.717, 1.165) is 22.9 Å². The average Bonchev–Trinajstić information content (AvgIpc) is 2.97. The minimum Gasteiger partial charge on any atom is -0.481 e. The largest absolute Gasteiger partial charge is 0.481 e. The second-order valence-corrected chi connectivity index (χ2v) is 5.73. The highest BCUT2D eigenvalue weighted by molar-refractivity contribution is 5.82. The third-order valence-corrected chi connectivity index (χ3v) is 4.37. The standard InChI is InChI=1S/C17H19NO2/c19-17(20)15(10-12-4-1-2-5-12)13-7-8-16-14(11-13)6-3-9-18-16/h3,6-9,11-12,15H,1-2,4-5,10H2,(H,19,20)/t15-/m1/s1. The van der Waals surface area contributed by atoms with Crippen LogP contribution in [0.25, 0.3) is 10.9 Å². The summed E-state index contributed by atoms with van der Waals surface area (Å²) in [6.07, 6.45) is 7.38. The number of pyridine rings is 1. The van der Waals surface area contributed by atoms with Gasteiger partial charge in [0.05, 0.1) is 11.4 Å². The molecule has 2 aromatic rings. The number of aromatic nitrogens is 1. The molecule has 3 nitrogen and oxygen atoms in total. The van der Waals surface area contributed by atoms with Crippen LogP contribution in [0.3, 0.4) is 0 Å². The van der Waals surface area contributed by atoms with E-state index in [-0.39, 0.29) is 5.92 Å². The number of carboxylic acid groups (broad SMARTS) is 1. The van der Waals surface area contributed by atoms with E-state index < -0.39 is 5.97 Å². The van der Waals surface area contributed by atoms with Crippen LogP contribution in [0.5, 0.6) is 0 Å². The summed E-state index contributed by atoms with van der Waals surface area (Å²) in [5, 5.41) is 10.6. The molecule has 1 atom stereocenters. The Morgan fingerprint density at radius 3 is 2.85 bits per heavy atom. The number of rotatable bonds is 4. The molecule has 0 unspecified atom stereocenters. The lowest BCUT2D eigenvalue weighted by Gasteiger charge is -2.17. The molecule has 1 N–H and O–H groups in total. The summed E-state index contributed by atoms with van der Waals surface area (Å²) < 4.78 is 0. The minimum absolute atomic E-state index is 0.386. The van der Waals surface area contributed by atoms with Crippen molar-refractivity contribution in [3.05, 3.63) is 42.1 Å². The summed E-state index contributed by atoms with van der Waals surface area (Å²) in [5.74, 6) is -0.524. The van der Waals surface area contributed by atoms with E-state index in [1.54, 1.807) is 6.20 Å². The number of carbonyl (C=O) groups is 1. The molecule has 0 amide bonds. The van der Waals surface area contributed by atoms with Gasteiger partial charge in [0.25, 0.3) is 0 Å². The Bertz CT molecular complexity index is 617. The molecule has 3 heteroatoms. The van der Waals surface area contributed by atoms with Crippen LogP contribution in [0.4, 0.5) is 0 Å². The van der Waals surface area contributed by atoms with Gasteiger partial charge in [0.2, 0.25) is 0 Å². The molecular formula is C17H19NO2. The Hall–Kier alpha value is -1.90. The van der Waals surface area contributed by atoms with E-state index in [2.05, 4.69) is 4.98 Å². The van der Waals surface area contributed by atoms with Crippen LogP contribution in [-0.2, 0) is 4.79 Å². The summed E-state index contributed by atoms with van der Waals surface area (Å²) in [7, 11) is 0. The molecule has 1 saturated carbocycles. The van der Waals surface area contributed by atoms with E-state index in [1.807, 2.05) is 30.3 Å². The number of carboxylic acids is 1. The number of hydrogen-bond donors (Lipinski definition) is 1. The molecule has 1 aliphatic rings. The van der Waals surface area contributed by atoms with Crippen LogP contribution in [0.1, 0.15) is 43.6 Å².